The Balaban J connectivity index is 1.37. The van der Waals surface area contributed by atoms with Crippen molar-refractivity contribution in [3.8, 4) is 22.5 Å². The van der Waals surface area contributed by atoms with Gasteiger partial charge in [0.15, 0.2) is 0 Å². The van der Waals surface area contributed by atoms with Gasteiger partial charge in [0.25, 0.3) is 5.91 Å². The standard InChI is InChI=1S/C29H20N6O/c30-21-14-32-22-11-4-3-8-18(22)26(21)29(36)35-27-17-7-2-1-6-16(17)25-19(27)9-5-10-20(25)28-33-23-12-13-31-15-24(23)34-28/h1-15,27H,30H2,(H,33,34)(H,35,36). The molecular weight excluding hydrogens is 448 g/mol. The highest BCUT2D eigenvalue weighted by Crippen LogP contribution is 2.47. The zero-order chi connectivity index (χ0) is 24.2. The molecular formula is C29H20N6O. The molecule has 7 nitrogen and oxygen atoms in total. The number of nitrogens with zero attached hydrogens (tertiary/aromatic N) is 3. The van der Waals surface area contributed by atoms with Gasteiger partial charge in [-0.3, -0.25) is 14.8 Å². The number of hydrogen-bond donors (Lipinski definition) is 3. The van der Waals surface area contributed by atoms with Gasteiger partial charge in [-0.2, -0.15) is 0 Å². The summed E-state index contributed by atoms with van der Waals surface area (Å²) in [6, 6.07) is 23.3. The van der Waals surface area contributed by atoms with E-state index in [0.717, 1.165) is 55.6 Å². The number of aromatic nitrogens is 4. The Morgan fingerprint density at radius 2 is 1.67 bits per heavy atom. The lowest BCUT2D eigenvalue weighted by Gasteiger charge is -2.18. The molecule has 0 bridgehead atoms. The van der Waals surface area contributed by atoms with Gasteiger partial charge in [-0.25, -0.2) is 4.98 Å². The SMILES string of the molecule is Nc1cnc2ccccc2c1C(=O)NC1c2ccccc2-c2c(-c3nc4ccncc4[nH]3)cccc21. The van der Waals surface area contributed by atoms with Crippen LogP contribution < -0.4 is 11.1 Å². The molecule has 0 spiro atoms. The van der Waals surface area contributed by atoms with Gasteiger partial charge in [0.05, 0.1) is 46.2 Å². The van der Waals surface area contributed by atoms with Gasteiger partial charge in [-0.1, -0.05) is 60.7 Å². The van der Waals surface area contributed by atoms with Crippen LogP contribution in [0.4, 0.5) is 5.69 Å². The summed E-state index contributed by atoms with van der Waals surface area (Å²) in [5, 5.41) is 3.99. The fraction of sp³-hybridized carbons (Fsp3) is 0.0345. The fourth-order valence-electron chi connectivity index (χ4n) is 5.21. The van der Waals surface area contributed by atoms with Crippen LogP contribution in [0.15, 0.2) is 91.4 Å². The molecule has 0 aliphatic heterocycles. The highest BCUT2D eigenvalue weighted by molar-refractivity contribution is 6.10. The molecule has 36 heavy (non-hydrogen) atoms. The van der Waals surface area contributed by atoms with E-state index >= 15 is 0 Å². The van der Waals surface area contributed by atoms with E-state index in [4.69, 9.17) is 10.7 Å². The second-order valence-corrected chi connectivity index (χ2v) is 8.85. The van der Waals surface area contributed by atoms with Crippen LogP contribution in [0.5, 0.6) is 0 Å². The number of nitrogens with one attached hydrogen (secondary N) is 2. The molecule has 7 heteroatoms. The number of H-pyrrole nitrogens is 1. The van der Waals surface area contributed by atoms with Crippen LogP contribution in [0.1, 0.15) is 27.5 Å². The summed E-state index contributed by atoms with van der Waals surface area (Å²) in [6.07, 6.45) is 5.05. The lowest BCUT2D eigenvalue weighted by Crippen LogP contribution is -2.29. The molecule has 0 saturated heterocycles. The predicted octanol–water partition coefficient (Wildman–Crippen LogP) is 5.26. The van der Waals surface area contributed by atoms with E-state index in [0.29, 0.717) is 11.3 Å². The molecule has 1 unspecified atom stereocenters. The lowest BCUT2D eigenvalue weighted by molar-refractivity contribution is 0.0946. The van der Waals surface area contributed by atoms with Gasteiger partial charge in [0.1, 0.15) is 5.82 Å². The van der Waals surface area contributed by atoms with Crippen molar-refractivity contribution in [1.29, 1.82) is 0 Å². The van der Waals surface area contributed by atoms with E-state index in [1.165, 1.54) is 0 Å². The third kappa shape index (κ3) is 2.99. The largest absolute Gasteiger partial charge is 0.397 e. The molecule has 0 radical (unpaired) electrons. The van der Waals surface area contributed by atoms with Crippen LogP contribution in [0.2, 0.25) is 0 Å². The number of anilines is 1. The van der Waals surface area contributed by atoms with Crippen LogP contribution in [-0.4, -0.2) is 25.8 Å². The molecule has 1 aliphatic rings. The fourth-order valence-corrected chi connectivity index (χ4v) is 5.21. The Bertz CT molecular complexity index is 1790. The molecule has 172 valence electrons. The second kappa shape index (κ2) is 7.74. The number of benzene rings is 3. The van der Waals surface area contributed by atoms with Crippen molar-refractivity contribution in [1.82, 2.24) is 25.3 Å². The van der Waals surface area contributed by atoms with Crippen molar-refractivity contribution < 1.29 is 4.79 Å². The molecule has 0 saturated carbocycles. The molecule has 6 aromatic rings. The van der Waals surface area contributed by atoms with Crippen LogP contribution in [-0.2, 0) is 0 Å². The highest BCUT2D eigenvalue weighted by Gasteiger charge is 2.33. The maximum atomic E-state index is 13.7. The number of rotatable bonds is 3. The summed E-state index contributed by atoms with van der Waals surface area (Å²) < 4.78 is 0. The third-order valence-corrected chi connectivity index (χ3v) is 6.79. The Morgan fingerprint density at radius 3 is 2.58 bits per heavy atom. The zero-order valence-corrected chi connectivity index (χ0v) is 19.1. The maximum absolute atomic E-state index is 13.7. The average Bonchev–Trinajstić information content (AvgIpc) is 3.48. The highest BCUT2D eigenvalue weighted by atomic mass is 16.1. The number of imidazole rings is 1. The summed E-state index contributed by atoms with van der Waals surface area (Å²) in [5.74, 6) is 0.528. The zero-order valence-electron chi connectivity index (χ0n) is 19.1. The molecule has 3 aromatic heterocycles. The van der Waals surface area contributed by atoms with E-state index < -0.39 is 0 Å². The first-order valence-corrected chi connectivity index (χ1v) is 11.7. The first-order valence-electron chi connectivity index (χ1n) is 11.7. The second-order valence-electron chi connectivity index (χ2n) is 8.85. The molecule has 1 amide bonds. The minimum absolute atomic E-state index is 0.237. The number of nitrogen functional groups attached to an aromatic ring is 1. The van der Waals surface area contributed by atoms with Gasteiger partial charge in [0, 0.05) is 17.1 Å². The van der Waals surface area contributed by atoms with Crippen LogP contribution >= 0.6 is 0 Å². The van der Waals surface area contributed by atoms with Gasteiger partial charge in [-0.05, 0) is 34.4 Å². The summed E-state index contributed by atoms with van der Waals surface area (Å²) in [7, 11) is 0. The van der Waals surface area contributed by atoms with E-state index in [9.17, 15) is 4.79 Å². The number of hydrogen-bond acceptors (Lipinski definition) is 5. The Kier molecular flexibility index (Phi) is 4.38. The number of carbonyl (C=O) groups is 1. The molecule has 7 rings (SSSR count). The van der Waals surface area contributed by atoms with E-state index in [2.05, 4.69) is 44.5 Å². The van der Waals surface area contributed by atoms with Crippen molar-refractivity contribution in [2.75, 3.05) is 5.73 Å². The van der Waals surface area contributed by atoms with E-state index in [-0.39, 0.29) is 11.9 Å². The van der Waals surface area contributed by atoms with Gasteiger partial charge in [-0.15, -0.1) is 0 Å². The maximum Gasteiger partial charge on any atom is 0.254 e. The van der Waals surface area contributed by atoms with Gasteiger partial charge in [0.2, 0.25) is 0 Å². The van der Waals surface area contributed by atoms with Crippen molar-refractivity contribution in [2.45, 2.75) is 6.04 Å². The molecule has 4 N–H and O–H groups in total. The quantitative estimate of drug-likeness (QED) is 0.328. The number of fused-ring (bicyclic) bond motifs is 5. The van der Waals surface area contributed by atoms with E-state index in [1.54, 1.807) is 18.6 Å². The first kappa shape index (κ1) is 20.3. The Morgan fingerprint density at radius 1 is 0.861 bits per heavy atom. The summed E-state index contributed by atoms with van der Waals surface area (Å²) in [4.78, 5) is 30.5. The number of amides is 1. The summed E-state index contributed by atoms with van der Waals surface area (Å²) in [6.45, 7) is 0. The minimum Gasteiger partial charge on any atom is -0.397 e. The minimum atomic E-state index is -0.332. The normalized spacial score (nSPS) is 14.1. The van der Waals surface area contributed by atoms with Crippen molar-refractivity contribution in [3.63, 3.8) is 0 Å². The van der Waals surface area contributed by atoms with Crippen molar-refractivity contribution in [3.05, 3.63) is 108 Å². The van der Waals surface area contributed by atoms with Gasteiger partial charge >= 0.3 is 0 Å². The van der Waals surface area contributed by atoms with Crippen molar-refractivity contribution in [2.24, 2.45) is 0 Å². The molecule has 3 aromatic carbocycles. The van der Waals surface area contributed by atoms with E-state index in [1.807, 2.05) is 48.5 Å². The van der Waals surface area contributed by atoms with Crippen molar-refractivity contribution >= 4 is 33.5 Å². The smallest absolute Gasteiger partial charge is 0.254 e. The Labute approximate surface area is 206 Å². The number of aromatic amines is 1. The van der Waals surface area contributed by atoms with Crippen LogP contribution in [0, 0.1) is 0 Å². The average molecular weight is 469 g/mol. The monoisotopic (exact) mass is 468 g/mol. The molecule has 1 atom stereocenters. The number of para-hydroxylation sites is 1. The van der Waals surface area contributed by atoms with Crippen LogP contribution in [0.25, 0.3) is 44.5 Å². The third-order valence-electron chi connectivity index (χ3n) is 6.79. The number of pyridine rings is 2. The molecule has 0 fully saturated rings. The number of carbonyl (C=O) groups excluding carboxylic acids is 1. The van der Waals surface area contributed by atoms with Crippen LogP contribution in [0.3, 0.4) is 0 Å². The lowest BCUT2D eigenvalue weighted by atomic mass is 9.98. The topological polar surface area (TPSA) is 110 Å². The first-order chi connectivity index (χ1) is 17.7. The predicted molar refractivity (Wildman–Crippen MR) is 140 cm³/mol. The van der Waals surface area contributed by atoms with Gasteiger partial charge < -0.3 is 16.0 Å². The molecule has 3 heterocycles. The summed E-state index contributed by atoms with van der Waals surface area (Å²) >= 11 is 0. The summed E-state index contributed by atoms with van der Waals surface area (Å²) in [5.41, 5.74) is 14.6. The number of nitrogens with two attached hydrogens (primary N) is 1. The Hall–Kier alpha value is -5.04. The molecule has 1 aliphatic carbocycles.